The van der Waals surface area contributed by atoms with Crippen LogP contribution in [0.2, 0.25) is 5.02 Å². The number of ketones is 1. The van der Waals surface area contributed by atoms with Gasteiger partial charge in [-0.2, -0.15) is 0 Å². The molecule has 1 atom stereocenters. The summed E-state index contributed by atoms with van der Waals surface area (Å²) in [6, 6.07) is 4.64. The van der Waals surface area contributed by atoms with Crippen LogP contribution in [0.3, 0.4) is 0 Å². The fourth-order valence-corrected chi connectivity index (χ4v) is 3.33. The third-order valence-corrected chi connectivity index (χ3v) is 4.18. The lowest BCUT2D eigenvalue weighted by Gasteiger charge is -2.34. The summed E-state index contributed by atoms with van der Waals surface area (Å²) in [5.41, 5.74) is 2.92. The summed E-state index contributed by atoms with van der Waals surface area (Å²) < 4.78 is 0. The number of fused-ring (bicyclic) bond motifs is 1. The van der Waals surface area contributed by atoms with Crippen molar-refractivity contribution in [3.63, 3.8) is 0 Å². The second-order valence-corrected chi connectivity index (χ2v) is 6.39. The first-order valence-electron chi connectivity index (χ1n) is 6.98. The van der Waals surface area contributed by atoms with Gasteiger partial charge in [0.2, 0.25) is 0 Å². The lowest BCUT2D eigenvalue weighted by Crippen LogP contribution is -2.38. The molecule has 0 fully saturated rings. The first kappa shape index (κ1) is 14.4. The second-order valence-electron chi connectivity index (χ2n) is 5.98. The maximum absolute atomic E-state index is 12.4. The first-order valence-corrected chi connectivity index (χ1v) is 7.36. The lowest BCUT2D eigenvalue weighted by atomic mass is 10.0. The number of carbonyl (C=O) groups is 1. The number of nitrogens with zero attached hydrogens (tertiary/aromatic N) is 1. The van der Waals surface area contributed by atoms with Gasteiger partial charge < -0.3 is 4.90 Å². The average Bonchev–Trinajstić information content (AvgIpc) is 2.60. The normalized spacial score (nSPS) is 18.3. The zero-order chi connectivity index (χ0) is 14.3. The minimum absolute atomic E-state index is 0.0508. The van der Waals surface area contributed by atoms with Crippen molar-refractivity contribution in [3.8, 4) is 0 Å². The van der Waals surface area contributed by atoms with E-state index in [-0.39, 0.29) is 11.7 Å². The van der Waals surface area contributed by atoms with Crippen LogP contribution < -0.4 is 4.90 Å². The second kappa shape index (κ2) is 5.16. The van der Waals surface area contributed by atoms with Gasteiger partial charge in [-0.3, -0.25) is 4.79 Å². The number of carbonyl (C=O) groups excluding carboxylic acids is 1. The molecule has 3 heteroatoms. The fraction of sp³-hybridized carbons (Fsp3) is 0.562. The Morgan fingerprint density at radius 1 is 1.21 bits per heavy atom. The van der Waals surface area contributed by atoms with E-state index in [0.29, 0.717) is 12.1 Å². The van der Waals surface area contributed by atoms with E-state index >= 15 is 0 Å². The maximum Gasteiger partial charge on any atom is 0.168 e. The summed E-state index contributed by atoms with van der Waals surface area (Å²) in [7, 11) is 0. The molecular weight excluding hydrogens is 258 g/mol. The van der Waals surface area contributed by atoms with Crippen LogP contribution >= 0.6 is 11.6 Å². The SMILES string of the molecule is CC1Cc2c(Cl)ccc(N(C(C)C)C(C)C)c2C1=O. The molecule has 0 radical (unpaired) electrons. The highest BCUT2D eigenvalue weighted by molar-refractivity contribution is 6.32. The number of hydrogen-bond acceptors (Lipinski definition) is 2. The Labute approximate surface area is 120 Å². The highest BCUT2D eigenvalue weighted by Gasteiger charge is 2.33. The van der Waals surface area contributed by atoms with Crippen LogP contribution in [-0.4, -0.2) is 17.9 Å². The molecule has 2 rings (SSSR count). The molecule has 1 aromatic rings. The van der Waals surface area contributed by atoms with Gasteiger partial charge in [0, 0.05) is 34.3 Å². The van der Waals surface area contributed by atoms with E-state index in [9.17, 15) is 4.79 Å². The van der Waals surface area contributed by atoms with Gasteiger partial charge in [-0.25, -0.2) is 0 Å². The van der Waals surface area contributed by atoms with Crippen LogP contribution in [0.15, 0.2) is 12.1 Å². The van der Waals surface area contributed by atoms with Crippen LogP contribution in [0.25, 0.3) is 0 Å². The van der Waals surface area contributed by atoms with Crippen molar-refractivity contribution in [3.05, 3.63) is 28.3 Å². The zero-order valence-corrected chi connectivity index (χ0v) is 13.1. The number of anilines is 1. The molecular formula is C16H22ClNO. The van der Waals surface area contributed by atoms with Gasteiger partial charge in [0.25, 0.3) is 0 Å². The summed E-state index contributed by atoms with van der Waals surface area (Å²) in [4.78, 5) is 14.7. The topological polar surface area (TPSA) is 20.3 Å². The number of Topliss-reactive ketones (excluding diaryl/α,β-unsaturated/α-hetero) is 1. The third kappa shape index (κ3) is 2.38. The average molecular weight is 280 g/mol. The Balaban J connectivity index is 2.61. The standard InChI is InChI=1S/C16H22ClNO/c1-9(2)18(10(3)4)14-7-6-13(17)12-8-11(5)16(19)15(12)14/h6-7,9-11H,8H2,1-5H3. The summed E-state index contributed by atoms with van der Waals surface area (Å²) in [5.74, 6) is 0.286. The molecule has 0 saturated carbocycles. The van der Waals surface area contributed by atoms with E-state index in [0.717, 1.165) is 28.3 Å². The molecule has 1 aromatic carbocycles. The molecule has 1 aliphatic carbocycles. The zero-order valence-electron chi connectivity index (χ0n) is 12.3. The first-order chi connectivity index (χ1) is 8.84. The molecule has 0 aromatic heterocycles. The number of benzene rings is 1. The molecule has 1 unspecified atom stereocenters. The Morgan fingerprint density at radius 2 is 1.79 bits per heavy atom. The van der Waals surface area contributed by atoms with Gasteiger partial charge in [0.05, 0.1) is 0 Å². The van der Waals surface area contributed by atoms with E-state index < -0.39 is 0 Å². The van der Waals surface area contributed by atoms with Crippen LogP contribution in [0, 0.1) is 5.92 Å². The van der Waals surface area contributed by atoms with Crippen LogP contribution in [0.5, 0.6) is 0 Å². The van der Waals surface area contributed by atoms with Crippen molar-refractivity contribution in [2.24, 2.45) is 5.92 Å². The Morgan fingerprint density at radius 3 is 2.32 bits per heavy atom. The molecule has 0 heterocycles. The Hall–Kier alpha value is -1.02. The highest BCUT2D eigenvalue weighted by Crippen LogP contribution is 2.39. The van der Waals surface area contributed by atoms with Crippen LogP contribution in [0.1, 0.15) is 50.5 Å². The molecule has 2 nitrogen and oxygen atoms in total. The van der Waals surface area contributed by atoms with Gasteiger partial charge >= 0.3 is 0 Å². The molecule has 0 N–H and O–H groups in total. The fourth-order valence-electron chi connectivity index (χ4n) is 3.10. The van der Waals surface area contributed by atoms with E-state index in [2.05, 4.69) is 32.6 Å². The van der Waals surface area contributed by atoms with Crippen molar-refractivity contribution in [1.82, 2.24) is 0 Å². The van der Waals surface area contributed by atoms with E-state index in [1.807, 2.05) is 19.1 Å². The van der Waals surface area contributed by atoms with Gasteiger partial charge in [0.1, 0.15) is 0 Å². The molecule has 1 aliphatic rings. The van der Waals surface area contributed by atoms with Crippen molar-refractivity contribution >= 4 is 23.1 Å². The molecule has 19 heavy (non-hydrogen) atoms. The van der Waals surface area contributed by atoms with Gasteiger partial charge in [-0.1, -0.05) is 18.5 Å². The van der Waals surface area contributed by atoms with Gasteiger partial charge in [-0.05, 0) is 51.8 Å². The van der Waals surface area contributed by atoms with Crippen molar-refractivity contribution in [2.75, 3.05) is 4.90 Å². The quantitative estimate of drug-likeness (QED) is 0.820. The maximum atomic E-state index is 12.4. The molecule has 0 spiro atoms. The van der Waals surface area contributed by atoms with Crippen LogP contribution in [-0.2, 0) is 6.42 Å². The third-order valence-electron chi connectivity index (χ3n) is 3.83. The van der Waals surface area contributed by atoms with Crippen molar-refractivity contribution in [1.29, 1.82) is 0 Å². The molecule has 0 amide bonds. The van der Waals surface area contributed by atoms with Gasteiger partial charge in [-0.15, -0.1) is 0 Å². The molecule has 0 saturated heterocycles. The summed E-state index contributed by atoms with van der Waals surface area (Å²) in [6.07, 6.45) is 0.769. The van der Waals surface area contributed by atoms with E-state index in [1.54, 1.807) is 0 Å². The Kier molecular flexibility index (Phi) is 3.91. The predicted octanol–water partition coefficient (Wildman–Crippen LogP) is 4.34. The summed E-state index contributed by atoms with van der Waals surface area (Å²) >= 11 is 6.27. The summed E-state index contributed by atoms with van der Waals surface area (Å²) in [5, 5.41) is 0.726. The highest BCUT2D eigenvalue weighted by atomic mass is 35.5. The lowest BCUT2D eigenvalue weighted by molar-refractivity contribution is 0.0946. The van der Waals surface area contributed by atoms with Crippen molar-refractivity contribution < 1.29 is 4.79 Å². The predicted molar refractivity (Wildman–Crippen MR) is 81.4 cm³/mol. The Bertz CT molecular complexity index is 500. The van der Waals surface area contributed by atoms with Crippen LogP contribution in [0.4, 0.5) is 5.69 Å². The number of rotatable bonds is 3. The monoisotopic (exact) mass is 279 g/mol. The van der Waals surface area contributed by atoms with Crippen molar-refractivity contribution in [2.45, 2.75) is 53.1 Å². The molecule has 104 valence electrons. The number of halogens is 1. The molecule has 0 bridgehead atoms. The van der Waals surface area contributed by atoms with E-state index in [1.165, 1.54) is 0 Å². The van der Waals surface area contributed by atoms with E-state index in [4.69, 9.17) is 11.6 Å². The summed E-state index contributed by atoms with van der Waals surface area (Å²) in [6.45, 7) is 10.6. The minimum Gasteiger partial charge on any atom is -0.366 e. The smallest absolute Gasteiger partial charge is 0.168 e. The molecule has 0 aliphatic heterocycles. The number of hydrogen-bond donors (Lipinski definition) is 0. The largest absolute Gasteiger partial charge is 0.366 e. The minimum atomic E-state index is 0.0508. The van der Waals surface area contributed by atoms with Gasteiger partial charge in [0.15, 0.2) is 5.78 Å².